The molecule has 3 aromatic rings. The molecule has 0 aliphatic carbocycles. The minimum atomic E-state index is -0.0710. The van der Waals surface area contributed by atoms with Crippen molar-refractivity contribution in [2.24, 2.45) is 0 Å². The van der Waals surface area contributed by atoms with Crippen molar-refractivity contribution in [3.63, 3.8) is 0 Å². The molecule has 5 heteroatoms. The Morgan fingerprint density at radius 2 is 1.92 bits per heavy atom. The molecule has 1 amide bonds. The zero-order valence-corrected chi connectivity index (χ0v) is 14.8. The standard InChI is InChI=1S/C21H23N3O2/c1-17(18-6-3-2-4-7-18)26-15-5-12-23-21(25)19-8-10-20(11-9-19)24-14-13-22-16-24/h2-4,6-11,13-14,16-17H,5,12,15H2,1H3,(H,23,25). The first-order valence-electron chi connectivity index (χ1n) is 8.77. The van der Waals surface area contributed by atoms with Crippen molar-refractivity contribution in [1.82, 2.24) is 14.9 Å². The van der Waals surface area contributed by atoms with E-state index >= 15 is 0 Å². The highest BCUT2D eigenvalue weighted by atomic mass is 16.5. The van der Waals surface area contributed by atoms with Crippen LogP contribution in [0.1, 0.15) is 35.4 Å². The van der Waals surface area contributed by atoms with Crippen LogP contribution in [0.5, 0.6) is 0 Å². The second kappa shape index (κ2) is 8.97. The fourth-order valence-corrected chi connectivity index (χ4v) is 2.65. The van der Waals surface area contributed by atoms with Crippen molar-refractivity contribution in [1.29, 1.82) is 0 Å². The second-order valence-electron chi connectivity index (χ2n) is 6.05. The summed E-state index contributed by atoms with van der Waals surface area (Å²) in [5.41, 5.74) is 2.78. The van der Waals surface area contributed by atoms with Gasteiger partial charge in [0, 0.05) is 36.8 Å². The number of rotatable bonds is 8. The number of amides is 1. The van der Waals surface area contributed by atoms with Crippen LogP contribution in [0.2, 0.25) is 0 Å². The van der Waals surface area contributed by atoms with Crippen molar-refractivity contribution in [3.8, 4) is 5.69 Å². The lowest BCUT2D eigenvalue weighted by atomic mass is 10.1. The number of hydrogen-bond donors (Lipinski definition) is 1. The Kier molecular flexibility index (Phi) is 6.17. The zero-order chi connectivity index (χ0) is 18.2. The van der Waals surface area contributed by atoms with E-state index in [1.807, 2.05) is 60.2 Å². The largest absolute Gasteiger partial charge is 0.374 e. The number of carbonyl (C=O) groups excluding carboxylic acids is 1. The van der Waals surface area contributed by atoms with E-state index in [1.165, 1.54) is 0 Å². The van der Waals surface area contributed by atoms with Gasteiger partial charge in [0.05, 0.1) is 12.4 Å². The van der Waals surface area contributed by atoms with Crippen LogP contribution in [0.3, 0.4) is 0 Å². The molecular formula is C21H23N3O2. The molecule has 5 nitrogen and oxygen atoms in total. The molecule has 134 valence electrons. The maximum Gasteiger partial charge on any atom is 0.251 e. The number of nitrogens with one attached hydrogen (secondary N) is 1. The second-order valence-corrected chi connectivity index (χ2v) is 6.05. The van der Waals surface area contributed by atoms with Gasteiger partial charge in [-0.15, -0.1) is 0 Å². The van der Waals surface area contributed by atoms with Crippen molar-refractivity contribution < 1.29 is 9.53 Å². The summed E-state index contributed by atoms with van der Waals surface area (Å²) in [6.07, 6.45) is 6.15. The summed E-state index contributed by atoms with van der Waals surface area (Å²) in [6, 6.07) is 17.6. The molecule has 1 aromatic heterocycles. The van der Waals surface area contributed by atoms with Crippen LogP contribution in [0, 0.1) is 0 Å². The van der Waals surface area contributed by atoms with E-state index in [0.29, 0.717) is 18.7 Å². The van der Waals surface area contributed by atoms with E-state index in [1.54, 1.807) is 12.5 Å². The third-order valence-corrected chi connectivity index (χ3v) is 4.18. The average Bonchev–Trinajstić information content (AvgIpc) is 3.23. The summed E-state index contributed by atoms with van der Waals surface area (Å²) in [5, 5.41) is 2.93. The molecule has 1 unspecified atom stereocenters. The summed E-state index contributed by atoms with van der Waals surface area (Å²) in [4.78, 5) is 16.2. The number of ether oxygens (including phenoxy) is 1. The van der Waals surface area contributed by atoms with Gasteiger partial charge in [0.2, 0.25) is 0 Å². The van der Waals surface area contributed by atoms with Crippen molar-refractivity contribution >= 4 is 5.91 Å². The summed E-state index contributed by atoms with van der Waals surface area (Å²) in [5.74, 6) is -0.0710. The molecule has 0 aliphatic rings. The first-order valence-corrected chi connectivity index (χ1v) is 8.77. The lowest BCUT2D eigenvalue weighted by molar-refractivity contribution is 0.0635. The molecule has 0 saturated heterocycles. The van der Waals surface area contributed by atoms with Gasteiger partial charge in [0.1, 0.15) is 0 Å². The van der Waals surface area contributed by atoms with Gasteiger partial charge in [-0.05, 0) is 43.2 Å². The maximum absolute atomic E-state index is 12.2. The van der Waals surface area contributed by atoms with Crippen LogP contribution in [0.4, 0.5) is 0 Å². The third-order valence-electron chi connectivity index (χ3n) is 4.18. The highest BCUT2D eigenvalue weighted by Crippen LogP contribution is 2.15. The van der Waals surface area contributed by atoms with E-state index in [9.17, 15) is 4.79 Å². The first-order chi connectivity index (χ1) is 12.7. The summed E-state index contributed by atoms with van der Waals surface area (Å²) in [7, 11) is 0. The number of carbonyl (C=O) groups is 1. The van der Waals surface area contributed by atoms with E-state index in [0.717, 1.165) is 17.7 Å². The lowest BCUT2D eigenvalue weighted by Crippen LogP contribution is -2.25. The smallest absolute Gasteiger partial charge is 0.251 e. The Hall–Kier alpha value is -2.92. The van der Waals surface area contributed by atoms with Gasteiger partial charge < -0.3 is 14.6 Å². The molecule has 0 bridgehead atoms. The predicted molar refractivity (Wildman–Crippen MR) is 101 cm³/mol. The number of imidazole rings is 1. The Balaban J connectivity index is 1.39. The molecule has 3 rings (SSSR count). The summed E-state index contributed by atoms with van der Waals surface area (Å²) < 4.78 is 7.71. The fraction of sp³-hybridized carbons (Fsp3) is 0.238. The van der Waals surface area contributed by atoms with Gasteiger partial charge >= 0.3 is 0 Å². The quantitative estimate of drug-likeness (QED) is 0.630. The lowest BCUT2D eigenvalue weighted by Gasteiger charge is -2.13. The SMILES string of the molecule is CC(OCCCNC(=O)c1ccc(-n2ccnc2)cc1)c1ccccc1. The molecule has 0 radical (unpaired) electrons. The Bertz CT molecular complexity index is 799. The summed E-state index contributed by atoms with van der Waals surface area (Å²) >= 11 is 0. The topological polar surface area (TPSA) is 56.1 Å². The number of nitrogens with zero attached hydrogens (tertiary/aromatic N) is 2. The van der Waals surface area contributed by atoms with Crippen LogP contribution in [0.25, 0.3) is 5.69 Å². The molecule has 1 N–H and O–H groups in total. The highest BCUT2D eigenvalue weighted by molar-refractivity contribution is 5.94. The highest BCUT2D eigenvalue weighted by Gasteiger charge is 2.07. The van der Waals surface area contributed by atoms with Crippen molar-refractivity contribution in [3.05, 3.63) is 84.4 Å². The zero-order valence-electron chi connectivity index (χ0n) is 14.8. The van der Waals surface area contributed by atoms with E-state index in [4.69, 9.17) is 4.74 Å². The molecule has 2 aromatic carbocycles. The van der Waals surface area contributed by atoms with Gasteiger partial charge in [0.15, 0.2) is 0 Å². The Morgan fingerprint density at radius 1 is 1.15 bits per heavy atom. The molecule has 0 spiro atoms. The van der Waals surface area contributed by atoms with Gasteiger partial charge in [-0.3, -0.25) is 4.79 Å². The summed E-state index contributed by atoms with van der Waals surface area (Å²) in [6.45, 7) is 3.23. The van der Waals surface area contributed by atoms with Gasteiger partial charge in [-0.25, -0.2) is 4.98 Å². The van der Waals surface area contributed by atoms with E-state index in [2.05, 4.69) is 22.4 Å². The van der Waals surface area contributed by atoms with E-state index < -0.39 is 0 Å². The minimum absolute atomic E-state index is 0.0580. The molecular weight excluding hydrogens is 326 g/mol. The number of benzene rings is 2. The Morgan fingerprint density at radius 3 is 2.62 bits per heavy atom. The minimum Gasteiger partial charge on any atom is -0.374 e. The van der Waals surface area contributed by atoms with Crippen LogP contribution >= 0.6 is 0 Å². The Labute approximate surface area is 153 Å². The monoisotopic (exact) mass is 349 g/mol. The maximum atomic E-state index is 12.2. The van der Waals surface area contributed by atoms with E-state index in [-0.39, 0.29) is 12.0 Å². The van der Waals surface area contributed by atoms with Crippen LogP contribution in [-0.2, 0) is 4.74 Å². The van der Waals surface area contributed by atoms with Crippen LogP contribution in [-0.4, -0.2) is 28.6 Å². The number of hydrogen-bond acceptors (Lipinski definition) is 3. The third kappa shape index (κ3) is 4.80. The van der Waals surface area contributed by atoms with Crippen molar-refractivity contribution in [2.45, 2.75) is 19.4 Å². The molecule has 0 saturated carbocycles. The number of aromatic nitrogens is 2. The van der Waals surface area contributed by atoms with Crippen molar-refractivity contribution in [2.75, 3.05) is 13.2 Å². The van der Waals surface area contributed by atoms with Gasteiger partial charge in [-0.1, -0.05) is 30.3 Å². The molecule has 0 aliphatic heterocycles. The van der Waals surface area contributed by atoms with Gasteiger partial charge in [-0.2, -0.15) is 0 Å². The molecule has 0 fully saturated rings. The van der Waals surface area contributed by atoms with Crippen LogP contribution < -0.4 is 5.32 Å². The predicted octanol–water partition coefficient (Wildman–Crippen LogP) is 3.77. The molecule has 26 heavy (non-hydrogen) atoms. The first kappa shape index (κ1) is 17.9. The molecule has 1 atom stereocenters. The average molecular weight is 349 g/mol. The van der Waals surface area contributed by atoms with Gasteiger partial charge in [0.25, 0.3) is 5.91 Å². The van der Waals surface area contributed by atoms with Crippen LogP contribution in [0.15, 0.2) is 73.3 Å². The normalized spacial score (nSPS) is 11.9. The fourth-order valence-electron chi connectivity index (χ4n) is 2.65. The molecule has 1 heterocycles.